The molecule has 2 aromatic rings. The smallest absolute Gasteiger partial charge is 0.408 e. The van der Waals surface area contributed by atoms with Crippen LogP contribution in [0.1, 0.15) is 11.1 Å². The maximum atomic E-state index is 11.9. The molecule has 0 spiro atoms. The average Bonchev–Trinajstić information content (AvgIpc) is 2.62. The van der Waals surface area contributed by atoms with E-state index in [2.05, 4.69) is 5.32 Å². The van der Waals surface area contributed by atoms with Gasteiger partial charge in [-0.05, 0) is 23.3 Å². The maximum absolute atomic E-state index is 11.9. The molecule has 0 aliphatic heterocycles. The number of rotatable bonds is 6. The fraction of sp³-hybridized carbons (Fsp3) is 0.222. The minimum Gasteiger partial charge on any atom is -0.506 e. The van der Waals surface area contributed by atoms with E-state index < -0.39 is 18.1 Å². The van der Waals surface area contributed by atoms with Crippen molar-refractivity contribution < 1.29 is 24.2 Å². The first-order valence-electron chi connectivity index (χ1n) is 7.62. The number of hydrogen-bond donors (Lipinski definition) is 3. The van der Waals surface area contributed by atoms with Gasteiger partial charge in [0.15, 0.2) is 0 Å². The summed E-state index contributed by atoms with van der Waals surface area (Å²) in [5.41, 5.74) is 7.23. The number of amides is 1. The van der Waals surface area contributed by atoms with Gasteiger partial charge in [0.1, 0.15) is 18.4 Å². The van der Waals surface area contributed by atoms with Crippen LogP contribution in [0, 0.1) is 0 Å². The van der Waals surface area contributed by atoms with Gasteiger partial charge in [-0.3, -0.25) is 0 Å². The third-order valence-electron chi connectivity index (χ3n) is 3.53. The Balaban J connectivity index is 1.98. The Hall–Kier alpha value is -3.22. The van der Waals surface area contributed by atoms with Crippen molar-refractivity contribution in [3.05, 3.63) is 59.7 Å². The predicted octanol–water partition coefficient (Wildman–Crippen LogP) is 1.98. The van der Waals surface area contributed by atoms with E-state index in [1.807, 2.05) is 30.3 Å². The number of phenols is 1. The zero-order valence-electron chi connectivity index (χ0n) is 13.8. The predicted molar refractivity (Wildman–Crippen MR) is 91.8 cm³/mol. The topological polar surface area (TPSA) is 111 Å². The molecule has 0 aromatic heterocycles. The number of benzene rings is 2. The lowest BCUT2D eigenvalue weighted by molar-refractivity contribution is -0.143. The SMILES string of the molecule is COC(=O)C(Cc1ccc(N)c(O)c1)NC(=O)OCc1ccccc1. The molecule has 0 saturated carbocycles. The summed E-state index contributed by atoms with van der Waals surface area (Å²) in [6.45, 7) is 0.0865. The van der Waals surface area contributed by atoms with Gasteiger partial charge in [-0.25, -0.2) is 9.59 Å². The number of carbonyl (C=O) groups excluding carboxylic acids is 2. The number of aromatic hydroxyl groups is 1. The highest BCUT2D eigenvalue weighted by Crippen LogP contribution is 2.21. The number of alkyl carbamates (subject to hydrolysis) is 1. The number of phenolic OH excluding ortho intramolecular Hbond substituents is 1. The summed E-state index contributed by atoms with van der Waals surface area (Å²) in [7, 11) is 1.23. The zero-order valence-corrected chi connectivity index (χ0v) is 13.8. The van der Waals surface area contributed by atoms with Crippen LogP contribution >= 0.6 is 0 Å². The Bertz CT molecular complexity index is 734. The van der Waals surface area contributed by atoms with Gasteiger partial charge in [-0.2, -0.15) is 0 Å². The molecule has 4 N–H and O–H groups in total. The quantitative estimate of drug-likeness (QED) is 0.420. The Morgan fingerprint density at radius 3 is 2.52 bits per heavy atom. The van der Waals surface area contributed by atoms with Gasteiger partial charge in [0.2, 0.25) is 0 Å². The van der Waals surface area contributed by atoms with Gasteiger partial charge in [0.05, 0.1) is 12.8 Å². The Labute approximate surface area is 145 Å². The van der Waals surface area contributed by atoms with Crippen molar-refractivity contribution in [2.45, 2.75) is 19.1 Å². The van der Waals surface area contributed by atoms with Crippen molar-refractivity contribution in [1.82, 2.24) is 5.32 Å². The van der Waals surface area contributed by atoms with Crippen molar-refractivity contribution in [3.63, 3.8) is 0 Å². The van der Waals surface area contributed by atoms with Gasteiger partial charge in [-0.1, -0.05) is 36.4 Å². The van der Waals surface area contributed by atoms with E-state index >= 15 is 0 Å². The Kier molecular flexibility index (Phi) is 6.22. The molecule has 0 bridgehead atoms. The molecule has 1 amide bonds. The molecule has 1 unspecified atom stereocenters. The number of carbonyl (C=O) groups is 2. The Morgan fingerprint density at radius 2 is 1.88 bits per heavy atom. The van der Waals surface area contributed by atoms with Crippen LogP contribution in [0.3, 0.4) is 0 Å². The average molecular weight is 344 g/mol. The minimum atomic E-state index is -0.948. The first kappa shape index (κ1) is 18.1. The van der Waals surface area contributed by atoms with E-state index in [-0.39, 0.29) is 24.5 Å². The second-order valence-electron chi connectivity index (χ2n) is 5.38. The summed E-state index contributed by atoms with van der Waals surface area (Å²) in [6, 6.07) is 12.8. The van der Waals surface area contributed by atoms with Crippen LogP contribution in [-0.4, -0.2) is 30.3 Å². The first-order chi connectivity index (χ1) is 12.0. The standard InChI is InChI=1S/C18H20N2O5/c1-24-17(22)15(9-13-7-8-14(19)16(21)10-13)20-18(23)25-11-12-5-3-2-4-6-12/h2-8,10,15,21H,9,11,19H2,1H3,(H,20,23). The summed E-state index contributed by atoms with van der Waals surface area (Å²) >= 11 is 0. The molecule has 0 heterocycles. The molecular formula is C18H20N2O5. The number of nitrogen functional groups attached to an aromatic ring is 1. The number of nitrogens with one attached hydrogen (secondary N) is 1. The maximum Gasteiger partial charge on any atom is 0.408 e. The monoisotopic (exact) mass is 344 g/mol. The summed E-state index contributed by atoms with van der Waals surface area (Å²) in [5, 5.41) is 12.1. The van der Waals surface area contributed by atoms with Crippen molar-refractivity contribution in [2.24, 2.45) is 0 Å². The largest absolute Gasteiger partial charge is 0.506 e. The summed E-state index contributed by atoms with van der Waals surface area (Å²) in [5.74, 6) is -0.708. The lowest BCUT2D eigenvalue weighted by atomic mass is 10.1. The highest BCUT2D eigenvalue weighted by molar-refractivity contribution is 5.81. The molecule has 1 atom stereocenters. The van der Waals surface area contributed by atoms with Gasteiger partial charge < -0.3 is 25.6 Å². The lowest BCUT2D eigenvalue weighted by Gasteiger charge is -2.17. The van der Waals surface area contributed by atoms with Crippen molar-refractivity contribution in [2.75, 3.05) is 12.8 Å². The summed E-state index contributed by atoms with van der Waals surface area (Å²) < 4.78 is 9.81. The lowest BCUT2D eigenvalue weighted by Crippen LogP contribution is -2.43. The highest BCUT2D eigenvalue weighted by atomic mass is 16.6. The van der Waals surface area contributed by atoms with E-state index in [4.69, 9.17) is 15.2 Å². The number of anilines is 1. The minimum absolute atomic E-state index is 0.0865. The van der Waals surface area contributed by atoms with Crippen molar-refractivity contribution in [3.8, 4) is 5.75 Å². The molecule has 0 aliphatic carbocycles. The third kappa shape index (κ3) is 5.42. The molecule has 0 fully saturated rings. The molecule has 2 aromatic carbocycles. The van der Waals surface area contributed by atoms with Crippen LogP contribution < -0.4 is 11.1 Å². The molecular weight excluding hydrogens is 324 g/mol. The fourth-order valence-corrected chi connectivity index (χ4v) is 2.19. The zero-order chi connectivity index (χ0) is 18.2. The molecule has 2 rings (SSSR count). The van der Waals surface area contributed by atoms with E-state index in [0.29, 0.717) is 5.56 Å². The van der Waals surface area contributed by atoms with E-state index in [9.17, 15) is 14.7 Å². The van der Waals surface area contributed by atoms with E-state index in [1.54, 1.807) is 6.07 Å². The first-order valence-corrected chi connectivity index (χ1v) is 7.62. The molecule has 132 valence electrons. The number of ether oxygens (including phenoxy) is 2. The molecule has 7 heteroatoms. The molecule has 0 aliphatic rings. The number of methoxy groups -OCH3 is 1. The van der Waals surface area contributed by atoms with Crippen LogP contribution in [-0.2, 0) is 27.3 Å². The van der Waals surface area contributed by atoms with Crippen molar-refractivity contribution in [1.29, 1.82) is 0 Å². The van der Waals surface area contributed by atoms with Crippen molar-refractivity contribution >= 4 is 17.7 Å². The number of nitrogens with two attached hydrogens (primary N) is 1. The van der Waals surface area contributed by atoms with Crippen LogP contribution in [0.15, 0.2) is 48.5 Å². The van der Waals surface area contributed by atoms with Crippen LogP contribution in [0.25, 0.3) is 0 Å². The number of hydrogen-bond acceptors (Lipinski definition) is 6. The van der Waals surface area contributed by atoms with Gasteiger partial charge >= 0.3 is 12.1 Å². The summed E-state index contributed by atoms with van der Waals surface area (Å²) in [6.07, 6.45) is -0.611. The van der Waals surface area contributed by atoms with Crippen LogP contribution in [0.4, 0.5) is 10.5 Å². The fourth-order valence-electron chi connectivity index (χ4n) is 2.19. The Morgan fingerprint density at radius 1 is 1.16 bits per heavy atom. The molecule has 0 radical (unpaired) electrons. The van der Waals surface area contributed by atoms with Gasteiger partial charge in [0, 0.05) is 6.42 Å². The van der Waals surface area contributed by atoms with Gasteiger partial charge in [0.25, 0.3) is 0 Å². The van der Waals surface area contributed by atoms with Gasteiger partial charge in [-0.15, -0.1) is 0 Å². The number of esters is 1. The summed E-state index contributed by atoms with van der Waals surface area (Å²) in [4.78, 5) is 23.8. The van der Waals surface area contributed by atoms with E-state index in [1.165, 1.54) is 19.2 Å². The van der Waals surface area contributed by atoms with Crippen LogP contribution in [0.5, 0.6) is 5.75 Å². The second-order valence-corrected chi connectivity index (χ2v) is 5.38. The second kappa shape index (κ2) is 8.58. The molecule has 7 nitrogen and oxygen atoms in total. The molecule has 0 saturated heterocycles. The third-order valence-corrected chi connectivity index (χ3v) is 3.53. The highest BCUT2D eigenvalue weighted by Gasteiger charge is 2.23. The molecule has 25 heavy (non-hydrogen) atoms. The van der Waals surface area contributed by atoms with E-state index in [0.717, 1.165) is 5.56 Å². The van der Waals surface area contributed by atoms with Crippen LogP contribution in [0.2, 0.25) is 0 Å². The normalized spacial score (nSPS) is 11.4.